The van der Waals surface area contributed by atoms with E-state index in [0.29, 0.717) is 23.0 Å². The van der Waals surface area contributed by atoms with Gasteiger partial charge in [0, 0.05) is 17.3 Å². The van der Waals surface area contributed by atoms with Crippen LogP contribution >= 0.6 is 0 Å². The molecule has 0 saturated heterocycles. The third-order valence-electron chi connectivity index (χ3n) is 4.72. The van der Waals surface area contributed by atoms with E-state index in [1.165, 1.54) is 0 Å². The molecule has 0 atom stereocenters. The number of hydrogen-bond donors (Lipinski definition) is 2. The molecule has 0 radical (unpaired) electrons. The van der Waals surface area contributed by atoms with Crippen molar-refractivity contribution in [3.05, 3.63) is 72.2 Å². The van der Waals surface area contributed by atoms with Gasteiger partial charge in [-0.15, -0.1) is 10.2 Å². The SMILES string of the molecule is Cc1ccccc1-c1ccc(C(=O)Nc2cccc(-c3nncn3C(C)C)n2)[nH]1. The topological polar surface area (TPSA) is 88.5 Å². The second-order valence-electron chi connectivity index (χ2n) is 7.12. The maximum absolute atomic E-state index is 12.7. The summed E-state index contributed by atoms with van der Waals surface area (Å²) in [7, 11) is 0. The van der Waals surface area contributed by atoms with Crippen LogP contribution in [0.5, 0.6) is 0 Å². The summed E-state index contributed by atoms with van der Waals surface area (Å²) in [6.07, 6.45) is 1.68. The summed E-state index contributed by atoms with van der Waals surface area (Å²) in [5.41, 5.74) is 4.24. The lowest BCUT2D eigenvalue weighted by Gasteiger charge is -2.10. The highest BCUT2D eigenvalue weighted by Gasteiger charge is 2.14. The number of hydrogen-bond acceptors (Lipinski definition) is 4. The molecule has 1 aromatic carbocycles. The van der Waals surface area contributed by atoms with Crippen LogP contribution in [0.15, 0.2) is 60.9 Å². The first-order chi connectivity index (χ1) is 14.0. The minimum Gasteiger partial charge on any atom is -0.351 e. The van der Waals surface area contributed by atoms with Crippen LogP contribution in [0, 0.1) is 6.92 Å². The van der Waals surface area contributed by atoms with Crippen LogP contribution < -0.4 is 5.32 Å². The highest BCUT2D eigenvalue weighted by Crippen LogP contribution is 2.23. The fraction of sp³-hybridized carbons (Fsp3) is 0.182. The number of benzene rings is 1. The molecule has 0 aliphatic rings. The second-order valence-corrected chi connectivity index (χ2v) is 7.12. The fourth-order valence-corrected chi connectivity index (χ4v) is 3.18. The number of amides is 1. The van der Waals surface area contributed by atoms with E-state index in [2.05, 4.69) is 39.3 Å². The third kappa shape index (κ3) is 3.80. The molecule has 4 rings (SSSR count). The molecule has 2 N–H and O–H groups in total. The van der Waals surface area contributed by atoms with Crippen molar-refractivity contribution in [1.29, 1.82) is 0 Å². The molecule has 3 heterocycles. The predicted octanol–water partition coefficient (Wildman–Crippen LogP) is 4.48. The second kappa shape index (κ2) is 7.71. The van der Waals surface area contributed by atoms with E-state index in [1.54, 1.807) is 18.5 Å². The zero-order valence-electron chi connectivity index (χ0n) is 16.5. The number of rotatable bonds is 5. The van der Waals surface area contributed by atoms with Gasteiger partial charge in [-0.25, -0.2) is 4.98 Å². The lowest BCUT2D eigenvalue weighted by atomic mass is 10.1. The number of anilines is 1. The summed E-state index contributed by atoms with van der Waals surface area (Å²) in [4.78, 5) is 20.4. The van der Waals surface area contributed by atoms with E-state index in [-0.39, 0.29) is 11.9 Å². The third-order valence-corrected chi connectivity index (χ3v) is 4.72. The summed E-state index contributed by atoms with van der Waals surface area (Å²) in [5, 5.41) is 11.0. The molecule has 0 saturated carbocycles. The Morgan fingerprint density at radius 3 is 2.69 bits per heavy atom. The largest absolute Gasteiger partial charge is 0.351 e. The van der Waals surface area contributed by atoms with Gasteiger partial charge in [-0.05, 0) is 50.6 Å². The van der Waals surface area contributed by atoms with Gasteiger partial charge < -0.3 is 14.9 Å². The zero-order valence-corrected chi connectivity index (χ0v) is 16.5. The number of aryl methyl sites for hydroxylation is 1. The summed E-state index contributed by atoms with van der Waals surface area (Å²) in [5.74, 6) is 0.871. The molecular formula is C22H22N6O. The Morgan fingerprint density at radius 1 is 1.07 bits per heavy atom. The Balaban J connectivity index is 1.55. The van der Waals surface area contributed by atoms with Crippen LogP contribution in [-0.2, 0) is 0 Å². The van der Waals surface area contributed by atoms with Gasteiger partial charge in [0.15, 0.2) is 5.82 Å². The summed E-state index contributed by atoms with van der Waals surface area (Å²) in [6.45, 7) is 6.15. The lowest BCUT2D eigenvalue weighted by Crippen LogP contribution is -2.14. The Morgan fingerprint density at radius 2 is 1.90 bits per heavy atom. The molecule has 7 heteroatoms. The quantitative estimate of drug-likeness (QED) is 0.529. The first-order valence-corrected chi connectivity index (χ1v) is 9.46. The van der Waals surface area contributed by atoms with E-state index >= 15 is 0 Å². The van der Waals surface area contributed by atoms with Crippen LogP contribution in [0.1, 0.15) is 35.9 Å². The lowest BCUT2D eigenvalue weighted by molar-refractivity contribution is 0.102. The molecule has 3 aromatic heterocycles. The van der Waals surface area contributed by atoms with Gasteiger partial charge in [-0.2, -0.15) is 0 Å². The minimum atomic E-state index is -0.250. The molecule has 0 fully saturated rings. The number of carbonyl (C=O) groups excluding carboxylic acids is 1. The smallest absolute Gasteiger partial charge is 0.273 e. The first-order valence-electron chi connectivity index (χ1n) is 9.46. The van der Waals surface area contributed by atoms with E-state index in [9.17, 15) is 4.79 Å². The molecule has 1 amide bonds. The molecule has 0 aliphatic heterocycles. The summed E-state index contributed by atoms with van der Waals surface area (Å²) in [6, 6.07) is 17.4. The van der Waals surface area contributed by atoms with Gasteiger partial charge in [0.1, 0.15) is 23.5 Å². The molecule has 29 heavy (non-hydrogen) atoms. The van der Waals surface area contributed by atoms with Crippen LogP contribution in [-0.4, -0.2) is 30.6 Å². The van der Waals surface area contributed by atoms with Gasteiger partial charge in [0.05, 0.1) is 0 Å². The Hall–Kier alpha value is -3.74. The Labute approximate surface area is 168 Å². The van der Waals surface area contributed by atoms with Crippen molar-refractivity contribution >= 4 is 11.7 Å². The number of carbonyl (C=O) groups is 1. The molecule has 7 nitrogen and oxygen atoms in total. The van der Waals surface area contributed by atoms with Crippen LogP contribution in [0.25, 0.3) is 22.8 Å². The van der Waals surface area contributed by atoms with Gasteiger partial charge in [-0.1, -0.05) is 30.3 Å². The highest BCUT2D eigenvalue weighted by molar-refractivity contribution is 6.03. The van der Waals surface area contributed by atoms with E-state index in [4.69, 9.17) is 0 Å². The van der Waals surface area contributed by atoms with Gasteiger partial charge >= 0.3 is 0 Å². The van der Waals surface area contributed by atoms with Crippen LogP contribution in [0.4, 0.5) is 5.82 Å². The molecular weight excluding hydrogens is 364 g/mol. The minimum absolute atomic E-state index is 0.207. The molecule has 0 spiro atoms. The average Bonchev–Trinajstić information content (AvgIpc) is 3.38. The van der Waals surface area contributed by atoms with Crippen molar-refractivity contribution in [1.82, 2.24) is 24.7 Å². The van der Waals surface area contributed by atoms with Crippen molar-refractivity contribution < 1.29 is 4.79 Å². The number of aromatic amines is 1. The molecule has 0 bridgehead atoms. The monoisotopic (exact) mass is 386 g/mol. The van der Waals surface area contributed by atoms with Crippen molar-refractivity contribution in [2.24, 2.45) is 0 Å². The maximum atomic E-state index is 12.7. The molecule has 0 aliphatic carbocycles. The average molecular weight is 386 g/mol. The van der Waals surface area contributed by atoms with Crippen molar-refractivity contribution in [3.63, 3.8) is 0 Å². The van der Waals surface area contributed by atoms with Gasteiger partial charge in [0.25, 0.3) is 5.91 Å². The van der Waals surface area contributed by atoms with Crippen molar-refractivity contribution in [3.8, 4) is 22.8 Å². The standard InChI is InChI=1S/C22H22N6O/c1-14(2)28-13-23-27-21(28)18-9-6-10-20(25-18)26-22(29)19-12-11-17(24-19)16-8-5-4-7-15(16)3/h4-14,24H,1-3H3,(H,25,26,29). The van der Waals surface area contributed by atoms with Crippen LogP contribution in [0.3, 0.4) is 0 Å². The normalized spacial score (nSPS) is 11.0. The fourth-order valence-electron chi connectivity index (χ4n) is 3.18. The van der Waals surface area contributed by atoms with Gasteiger partial charge in [-0.3, -0.25) is 4.79 Å². The van der Waals surface area contributed by atoms with E-state index in [0.717, 1.165) is 16.8 Å². The predicted molar refractivity (Wildman–Crippen MR) is 113 cm³/mol. The van der Waals surface area contributed by atoms with E-state index in [1.807, 2.05) is 54.0 Å². The van der Waals surface area contributed by atoms with Gasteiger partial charge in [0.2, 0.25) is 0 Å². The Kier molecular flexibility index (Phi) is 4.95. The number of pyridine rings is 1. The summed E-state index contributed by atoms with van der Waals surface area (Å²) < 4.78 is 1.94. The number of nitrogens with zero attached hydrogens (tertiary/aromatic N) is 4. The number of nitrogens with one attached hydrogen (secondary N) is 2. The van der Waals surface area contributed by atoms with Crippen molar-refractivity contribution in [2.45, 2.75) is 26.8 Å². The van der Waals surface area contributed by atoms with E-state index < -0.39 is 0 Å². The molecule has 4 aromatic rings. The van der Waals surface area contributed by atoms with Crippen LogP contribution in [0.2, 0.25) is 0 Å². The number of H-pyrrole nitrogens is 1. The maximum Gasteiger partial charge on any atom is 0.273 e. The Bertz CT molecular complexity index is 1160. The zero-order chi connectivity index (χ0) is 20.4. The van der Waals surface area contributed by atoms with Crippen molar-refractivity contribution in [2.75, 3.05) is 5.32 Å². The first kappa shape index (κ1) is 18.6. The highest BCUT2D eigenvalue weighted by atomic mass is 16.1. The summed E-state index contributed by atoms with van der Waals surface area (Å²) >= 11 is 0. The number of aromatic nitrogens is 5. The molecule has 0 unspecified atom stereocenters. The molecule has 146 valence electrons.